The van der Waals surface area contributed by atoms with Gasteiger partial charge in [0.15, 0.2) is 0 Å². The molecule has 1 aliphatic rings. The summed E-state index contributed by atoms with van der Waals surface area (Å²) < 4.78 is 0. The average Bonchev–Trinajstić information content (AvgIpc) is 2.62. The molecule has 0 radical (unpaired) electrons. The minimum atomic E-state index is -1.04. The second kappa shape index (κ2) is 3.57. The van der Waals surface area contributed by atoms with Crippen molar-refractivity contribution in [2.45, 2.75) is 6.42 Å². The smallest absolute Gasteiger partial charge is 0.333 e. The summed E-state index contributed by atoms with van der Waals surface area (Å²) in [6.07, 6.45) is 1.34. The molecule has 2 rings (SSSR count). The predicted molar refractivity (Wildman–Crippen MR) is 54.3 cm³/mol. The van der Waals surface area contributed by atoms with Crippen molar-refractivity contribution in [2.24, 2.45) is 0 Å². The monoisotopic (exact) mass is 203 g/mol. The second-order valence-corrected chi connectivity index (χ2v) is 3.24. The predicted octanol–water partition coefficient (Wildman–Crippen LogP) is 1.39. The summed E-state index contributed by atoms with van der Waals surface area (Å²) in [4.78, 5) is 23.5. The molecule has 0 atom stereocenters. The first-order chi connectivity index (χ1) is 7.18. The molecular formula is C11H9NO3. The number of anilines is 1. The number of hydrogen-bond donors (Lipinski definition) is 1. The van der Waals surface area contributed by atoms with Crippen molar-refractivity contribution in [1.82, 2.24) is 0 Å². The van der Waals surface area contributed by atoms with Crippen LogP contribution < -0.4 is 4.90 Å². The molecule has 15 heavy (non-hydrogen) atoms. The molecule has 0 spiro atoms. The molecule has 1 aromatic carbocycles. The maximum Gasteiger partial charge on any atom is 0.333 e. The Hall–Kier alpha value is -2.10. The molecule has 0 aromatic heterocycles. The van der Waals surface area contributed by atoms with Crippen LogP contribution in [0.5, 0.6) is 0 Å². The first-order valence-corrected chi connectivity index (χ1v) is 4.49. The van der Waals surface area contributed by atoms with Crippen LogP contribution in [0.15, 0.2) is 42.1 Å². The van der Waals surface area contributed by atoms with Crippen LogP contribution in [-0.4, -0.2) is 17.0 Å². The maximum atomic E-state index is 11.5. The SMILES string of the molecule is O=C(O)C1=CN(c2ccccc2)C(=O)C1. The molecule has 1 aromatic rings. The third-order valence-corrected chi connectivity index (χ3v) is 2.20. The van der Waals surface area contributed by atoms with E-state index in [1.807, 2.05) is 6.07 Å². The van der Waals surface area contributed by atoms with E-state index in [2.05, 4.69) is 0 Å². The number of carbonyl (C=O) groups excluding carboxylic acids is 1. The maximum absolute atomic E-state index is 11.5. The molecule has 0 bridgehead atoms. The Morgan fingerprint density at radius 3 is 2.47 bits per heavy atom. The summed E-state index contributed by atoms with van der Waals surface area (Å²) in [5, 5.41) is 8.75. The van der Waals surface area contributed by atoms with Crippen molar-refractivity contribution in [1.29, 1.82) is 0 Å². The molecule has 0 fully saturated rings. The van der Waals surface area contributed by atoms with E-state index < -0.39 is 5.97 Å². The van der Waals surface area contributed by atoms with E-state index in [-0.39, 0.29) is 17.9 Å². The number of hydrogen-bond acceptors (Lipinski definition) is 2. The Kier molecular flexibility index (Phi) is 2.25. The van der Waals surface area contributed by atoms with Gasteiger partial charge in [-0.2, -0.15) is 0 Å². The minimum Gasteiger partial charge on any atom is -0.478 e. The molecule has 76 valence electrons. The molecule has 0 saturated heterocycles. The van der Waals surface area contributed by atoms with Gasteiger partial charge in [0.2, 0.25) is 5.91 Å². The van der Waals surface area contributed by atoms with Gasteiger partial charge in [-0.15, -0.1) is 0 Å². The molecule has 1 heterocycles. The Labute approximate surface area is 86.4 Å². The molecule has 0 aliphatic carbocycles. The molecule has 1 aliphatic heterocycles. The average molecular weight is 203 g/mol. The fourth-order valence-electron chi connectivity index (χ4n) is 1.46. The summed E-state index contributed by atoms with van der Waals surface area (Å²) in [7, 11) is 0. The summed E-state index contributed by atoms with van der Waals surface area (Å²) in [5.41, 5.74) is 0.822. The number of nitrogens with zero attached hydrogens (tertiary/aromatic N) is 1. The number of carboxylic acids is 1. The van der Waals surface area contributed by atoms with Gasteiger partial charge in [0.05, 0.1) is 12.0 Å². The number of amides is 1. The third-order valence-electron chi connectivity index (χ3n) is 2.20. The van der Waals surface area contributed by atoms with Crippen molar-refractivity contribution < 1.29 is 14.7 Å². The van der Waals surface area contributed by atoms with Crippen LogP contribution in [0.25, 0.3) is 0 Å². The molecule has 4 heteroatoms. The molecule has 1 amide bonds. The number of carbonyl (C=O) groups is 2. The van der Waals surface area contributed by atoms with Gasteiger partial charge in [-0.3, -0.25) is 9.69 Å². The van der Waals surface area contributed by atoms with E-state index in [1.54, 1.807) is 24.3 Å². The van der Waals surface area contributed by atoms with Crippen molar-refractivity contribution in [2.75, 3.05) is 4.90 Å². The van der Waals surface area contributed by atoms with Crippen molar-refractivity contribution in [3.05, 3.63) is 42.1 Å². The summed E-state index contributed by atoms with van der Waals surface area (Å²) >= 11 is 0. The molecule has 4 nitrogen and oxygen atoms in total. The van der Waals surface area contributed by atoms with Gasteiger partial charge in [0.1, 0.15) is 0 Å². The normalized spacial score (nSPS) is 15.3. The van der Waals surface area contributed by atoms with Crippen LogP contribution in [0.4, 0.5) is 5.69 Å². The molecule has 0 unspecified atom stereocenters. The van der Waals surface area contributed by atoms with E-state index in [0.29, 0.717) is 5.69 Å². The van der Waals surface area contributed by atoms with Crippen LogP contribution >= 0.6 is 0 Å². The molecule has 0 saturated carbocycles. The van der Waals surface area contributed by atoms with Gasteiger partial charge >= 0.3 is 5.97 Å². The van der Waals surface area contributed by atoms with E-state index in [4.69, 9.17) is 5.11 Å². The highest BCUT2D eigenvalue weighted by atomic mass is 16.4. The van der Waals surface area contributed by atoms with E-state index in [0.717, 1.165) is 0 Å². The van der Waals surface area contributed by atoms with Gasteiger partial charge in [-0.05, 0) is 12.1 Å². The topological polar surface area (TPSA) is 57.6 Å². The van der Waals surface area contributed by atoms with Crippen LogP contribution in [-0.2, 0) is 9.59 Å². The zero-order chi connectivity index (χ0) is 10.8. The number of aliphatic carboxylic acids is 1. The number of benzene rings is 1. The fourth-order valence-corrected chi connectivity index (χ4v) is 1.46. The number of carboxylic acid groups (broad SMARTS) is 1. The lowest BCUT2D eigenvalue weighted by atomic mass is 10.2. The van der Waals surface area contributed by atoms with E-state index in [1.165, 1.54) is 11.1 Å². The Bertz CT molecular complexity index is 436. The first kappa shape index (κ1) is 9.45. The van der Waals surface area contributed by atoms with Crippen LogP contribution in [0, 0.1) is 0 Å². The number of para-hydroxylation sites is 1. The highest BCUT2D eigenvalue weighted by molar-refractivity contribution is 6.06. The van der Waals surface area contributed by atoms with Crippen molar-refractivity contribution in [3.63, 3.8) is 0 Å². The lowest BCUT2D eigenvalue weighted by molar-refractivity contribution is -0.133. The first-order valence-electron chi connectivity index (χ1n) is 4.49. The third kappa shape index (κ3) is 1.74. The van der Waals surface area contributed by atoms with Gasteiger partial charge in [-0.25, -0.2) is 4.79 Å². The summed E-state index contributed by atoms with van der Waals surface area (Å²) in [6.45, 7) is 0. The van der Waals surface area contributed by atoms with Gasteiger partial charge in [-0.1, -0.05) is 18.2 Å². The largest absolute Gasteiger partial charge is 0.478 e. The fraction of sp³-hybridized carbons (Fsp3) is 0.0909. The molecule has 1 N–H and O–H groups in total. The highest BCUT2D eigenvalue weighted by Gasteiger charge is 2.26. The quantitative estimate of drug-likeness (QED) is 0.790. The number of rotatable bonds is 2. The lowest BCUT2D eigenvalue weighted by Crippen LogP contribution is -2.19. The van der Waals surface area contributed by atoms with Crippen molar-refractivity contribution in [3.8, 4) is 0 Å². The highest BCUT2D eigenvalue weighted by Crippen LogP contribution is 2.23. The van der Waals surface area contributed by atoms with Gasteiger partial charge < -0.3 is 5.11 Å². The molecular weight excluding hydrogens is 194 g/mol. The Morgan fingerprint density at radius 1 is 1.27 bits per heavy atom. The van der Waals surface area contributed by atoms with E-state index >= 15 is 0 Å². The second-order valence-electron chi connectivity index (χ2n) is 3.24. The van der Waals surface area contributed by atoms with Gasteiger partial charge in [0.25, 0.3) is 0 Å². The Morgan fingerprint density at radius 2 is 1.93 bits per heavy atom. The summed E-state index contributed by atoms with van der Waals surface area (Å²) in [5.74, 6) is -1.25. The standard InChI is InChI=1S/C11H9NO3/c13-10-6-8(11(14)15)7-12(10)9-4-2-1-3-5-9/h1-5,7H,6H2,(H,14,15). The van der Waals surface area contributed by atoms with Crippen LogP contribution in [0.1, 0.15) is 6.42 Å². The zero-order valence-electron chi connectivity index (χ0n) is 7.88. The minimum absolute atomic E-state index is 0.0375. The Balaban J connectivity index is 2.32. The summed E-state index contributed by atoms with van der Waals surface area (Å²) in [6, 6.07) is 8.97. The lowest BCUT2D eigenvalue weighted by Gasteiger charge is -2.12. The van der Waals surface area contributed by atoms with Crippen LogP contribution in [0.2, 0.25) is 0 Å². The zero-order valence-corrected chi connectivity index (χ0v) is 7.88. The van der Waals surface area contributed by atoms with Crippen molar-refractivity contribution >= 4 is 17.6 Å². The van der Waals surface area contributed by atoms with E-state index in [9.17, 15) is 9.59 Å². The van der Waals surface area contributed by atoms with Gasteiger partial charge in [0, 0.05) is 11.9 Å². The van der Waals surface area contributed by atoms with Crippen LogP contribution in [0.3, 0.4) is 0 Å².